The molecular weight excluding hydrogens is 168 g/mol. The maximum atomic E-state index is 5.13. The number of hydrogen-bond donors (Lipinski definition) is 2. The summed E-state index contributed by atoms with van der Waals surface area (Å²) in [5.41, 5.74) is 0. The van der Waals surface area contributed by atoms with Crippen molar-refractivity contribution >= 4 is 11.9 Å². The molecule has 0 aliphatic carbocycles. The molecule has 0 atom stereocenters. The number of nitrogens with two attached hydrogens (primary N) is 1. The molecule has 1 fully saturated rings. The first-order valence-corrected chi connectivity index (χ1v) is 5.99. The molecule has 3 N–H and O–H groups in total. The van der Waals surface area contributed by atoms with Crippen LogP contribution in [0, 0.1) is 0 Å². The monoisotopic (exact) mass is 190 g/mol. The number of unbranched alkanes of at least 4 members (excludes halogenated alkanes) is 1. The van der Waals surface area contributed by atoms with Gasteiger partial charge in [0.2, 0.25) is 0 Å². The minimum absolute atomic E-state index is 1.11. The van der Waals surface area contributed by atoms with E-state index in [0.717, 1.165) is 5.75 Å². The van der Waals surface area contributed by atoms with Gasteiger partial charge in [-0.1, -0.05) is 31.7 Å². The highest BCUT2D eigenvalue weighted by Gasteiger charge is 1.93. The van der Waals surface area contributed by atoms with Crippen LogP contribution in [-0.4, -0.2) is 18.8 Å². The molecule has 0 aromatic rings. The van der Waals surface area contributed by atoms with E-state index in [-0.39, 0.29) is 0 Å². The maximum Gasteiger partial charge on any atom is 0.00763 e. The fourth-order valence-corrected chi connectivity index (χ4v) is 1.48. The van der Waals surface area contributed by atoms with E-state index in [2.05, 4.69) is 12.2 Å². The quantitative estimate of drug-likeness (QED) is 0.529. The molecule has 1 aliphatic rings. The van der Waals surface area contributed by atoms with Crippen LogP contribution in [0.1, 0.15) is 39.0 Å². The first-order chi connectivity index (χ1) is 5.91. The van der Waals surface area contributed by atoms with Gasteiger partial charge in [-0.3, -0.25) is 5.14 Å². The van der Waals surface area contributed by atoms with Gasteiger partial charge in [0.05, 0.1) is 0 Å². The lowest BCUT2D eigenvalue weighted by molar-refractivity contribution is 0.520. The van der Waals surface area contributed by atoms with E-state index < -0.39 is 0 Å². The molecule has 3 heteroatoms. The van der Waals surface area contributed by atoms with Crippen LogP contribution >= 0.6 is 11.9 Å². The van der Waals surface area contributed by atoms with E-state index in [9.17, 15) is 0 Å². The van der Waals surface area contributed by atoms with Gasteiger partial charge in [-0.05, 0) is 32.4 Å². The summed E-state index contributed by atoms with van der Waals surface area (Å²) >= 11 is 1.43. The second-order valence-corrected chi connectivity index (χ2v) is 3.78. The molecule has 1 heterocycles. The highest BCUT2D eigenvalue weighted by atomic mass is 32.2. The van der Waals surface area contributed by atoms with Crippen molar-refractivity contribution < 1.29 is 0 Å². The van der Waals surface area contributed by atoms with Gasteiger partial charge in [0.25, 0.3) is 0 Å². The molecule has 74 valence electrons. The summed E-state index contributed by atoms with van der Waals surface area (Å²) in [6.45, 7) is 4.66. The van der Waals surface area contributed by atoms with Crippen LogP contribution in [0.2, 0.25) is 0 Å². The predicted octanol–water partition coefficient (Wildman–Crippen LogP) is 2.15. The summed E-state index contributed by atoms with van der Waals surface area (Å²) in [7, 11) is 0. The first kappa shape index (κ1) is 12.3. The van der Waals surface area contributed by atoms with Crippen molar-refractivity contribution in [2.45, 2.75) is 39.0 Å². The second kappa shape index (κ2) is 11.3. The lowest BCUT2D eigenvalue weighted by atomic mass is 10.2. The Bertz CT molecular complexity index is 59.4. The van der Waals surface area contributed by atoms with Gasteiger partial charge in [0.1, 0.15) is 0 Å². The lowest BCUT2D eigenvalue weighted by Gasteiger charge is -2.08. The number of nitrogens with one attached hydrogen (secondary N) is 1. The Balaban J connectivity index is 0.000000202. The van der Waals surface area contributed by atoms with Crippen molar-refractivity contribution in [1.82, 2.24) is 5.32 Å². The summed E-state index contributed by atoms with van der Waals surface area (Å²) in [5.74, 6) is 1.11. The van der Waals surface area contributed by atoms with Crippen molar-refractivity contribution in [3.63, 3.8) is 0 Å². The predicted molar refractivity (Wildman–Crippen MR) is 58.3 cm³/mol. The molecule has 0 radical (unpaired) electrons. The van der Waals surface area contributed by atoms with Crippen LogP contribution in [-0.2, 0) is 0 Å². The van der Waals surface area contributed by atoms with Gasteiger partial charge in [-0.15, -0.1) is 0 Å². The Hall–Kier alpha value is 0.270. The van der Waals surface area contributed by atoms with Gasteiger partial charge < -0.3 is 5.32 Å². The molecule has 0 unspecified atom stereocenters. The van der Waals surface area contributed by atoms with E-state index >= 15 is 0 Å². The Morgan fingerprint density at radius 3 is 2.08 bits per heavy atom. The molecule has 0 saturated carbocycles. The van der Waals surface area contributed by atoms with Crippen LogP contribution < -0.4 is 10.5 Å². The van der Waals surface area contributed by atoms with Gasteiger partial charge in [-0.2, -0.15) is 0 Å². The van der Waals surface area contributed by atoms with E-state index in [0.29, 0.717) is 0 Å². The molecule has 0 amide bonds. The highest BCUT2D eigenvalue weighted by molar-refractivity contribution is 7.97. The topological polar surface area (TPSA) is 38.0 Å². The fourth-order valence-electron chi connectivity index (χ4n) is 1.03. The van der Waals surface area contributed by atoms with Crippen LogP contribution in [0.3, 0.4) is 0 Å². The van der Waals surface area contributed by atoms with Crippen molar-refractivity contribution in [3.05, 3.63) is 0 Å². The molecule has 0 aromatic heterocycles. The number of hydrogen-bond acceptors (Lipinski definition) is 3. The van der Waals surface area contributed by atoms with E-state index in [1.165, 1.54) is 57.1 Å². The number of rotatable bonds is 3. The Labute approximate surface area is 80.8 Å². The second-order valence-electron chi connectivity index (χ2n) is 3.04. The molecular formula is C9H22N2S. The molecule has 1 aliphatic heterocycles. The molecule has 1 rings (SSSR count). The smallest absolute Gasteiger partial charge is 0.00763 e. The zero-order valence-electron chi connectivity index (χ0n) is 8.14. The summed E-state index contributed by atoms with van der Waals surface area (Å²) < 4.78 is 0. The Kier molecular flexibility index (Phi) is 11.5. The van der Waals surface area contributed by atoms with Crippen LogP contribution in [0.4, 0.5) is 0 Å². The number of piperidine rings is 1. The average molecular weight is 190 g/mol. The minimum Gasteiger partial charge on any atom is -0.317 e. The van der Waals surface area contributed by atoms with E-state index in [4.69, 9.17) is 5.14 Å². The normalized spacial score (nSPS) is 16.5. The highest BCUT2D eigenvalue weighted by Crippen LogP contribution is 1.96. The van der Waals surface area contributed by atoms with Gasteiger partial charge >= 0.3 is 0 Å². The van der Waals surface area contributed by atoms with Crippen molar-refractivity contribution in [3.8, 4) is 0 Å². The molecule has 0 aromatic carbocycles. The maximum absolute atomic E-state index is 5.13. The molecule has 1 saturated heterocycles. The van der Waals surface area contributed by atoms with Crippen molar-refractivity contribution in [2.75, 3.05) is 18.8 Å². The standard InChI is InChI=1S/C5H11N.C4H11NS/c1-2-4-6-5-3-1;1-2-3-4-6-5/h6H,1-5H2;2-5H2,1H3. The van der Waals surface area contributed by atoms with Gasteiger partial charge in [0, 0.05) is 5.75 Å². The zero-order chi connectivity index (χ0) is 9.07. The third-order valence-electron chi connectivity index (χ3n) is 1.82. The lowest BCUT2D eigenvalue weighted by Crippen LogP contribution is -2.21. The zero-order valence-corrected chi connectivity index (χ0v) is 8.96. The van der Waals surface area contributed by atoms with Crippen LogP contribution in [0.15, 0.2) is 0 Å². The summed E-state index contributed by atoms with van der Waals surface area (Å²) in [4.78, 5) is 0. The van der Waals surface area contributed by atoms with Crippen molar-refractivity contribution in [2.24, 2.45) is 5.14 Å². The molecule has 0 spiro atoms. The first-order valence-electron chi connectivity index (χ1n) is 4.94. The fraction of sp³-hybridized carbons (Fsp3) is 1.00. The molecule has 12 heavy (non-hydrogen) atoms. The average Bonchev–Trinajstić information content (AvgIpc) is 2.18. The Morgan fingerprint density at radius 1 is 1.25 bits per heavy atom. The third-order valence-corrected chi connectivity index (χ3v) is 2.35. The molecule has 0 bridgehead atoms. The van der Waals surface area contributed by atoms with Gasteiger partial charge in [-0.25, -0.2) is 0 Å². The molecule has 2 nitrogen and oxygen atoms in total. The third kappa shape index (κ3) is 10.3. The summed E-state index contributed by atoms with van der Waals surface area (Å²) in [5, 5.41) is 8.42. The minimum atomic E-state index is 1.11. The SMILES string of the molecule is C1CCNCC1.CCCCSN. The Morgan fingerprint density at radius 2 is 1.92 bits per heavy atom. The summed E-state index contributed by atoms with van der Waals surface area (Å²) in [6, 6.07) is 0. The van der Waals surface area contributed by atoms with E-state index in [1.54, 1.807) is 0 Å². The van der Waals surface area contributed by atoms with Crippen molar-refractivity contribution in [1.29, 1.82) is 0 Å². The largest absolute Gasteiger partial charge is 0.317 e. The summed E-state index contributed by atoms with van der Waals surface area (Å²) in [6.07, 6.45) is 6.72. The van der Waals surface area contributed by atoms with E-state index in [1.807, 2.05) is 0 Å². The van der Waals surface area contributed by atoms with Gasteiger partial charge in [0.15, 0.2) is 0 Å². The van der Waals surface area contributed by atoms with Crippen LogP contribution in [0.25, 0.3) is 0 Å². The van der Waals surface area contributed by atoms with Crippen LogP contribution in [0.5, 0.6) is 0 Å².